The average molecular weight is 537 g/mol. The normalized spacial score (nSPS) is 11.7. The number of anilines is 3. The molecule has 190 valence electrons. The smallest absolute Gasteiger partial charge is 0.258 e. The van der Waals surface area contributed by atoms with E-state index >= 15 is 0 Å². The molecule has 0 amide bonds. The summed E-state index contributed by atoms with van der Waals surface area (Å²) < 4.78 is 46.1. The van der Waals surface area contributed by atoms with E-state index in [1.165, 1.54) is 25.4 Å². The highest BCUT2D eigenvalue weighted by Crippen LogP contribution is 2.37. The van der Waals surface area contributed by atoms with Crippen LogP contribution in [0.1, 0.15) is 22.9 Å². The summed E-state index contributed by atoms with van der Waals surface area (Å²) in [5.74, 6) is -2.59. The number of pyridine rings is 2. The number of ether oxygens (including phenoxy) is 1. The van der Waals surface area contributed by atoms with Gasteiger partial charge in [-0.15, -0.1) is 5.10 Å². The number of hydrogen-bond acceptors (Lipinski definition) is 8. The molecule has 1 atom stereocenters. The molecule has 5 aromatic rings. The maximum absolute atomic E-state index is 13.8. The summed E-state index contributed by atoms with van der Waals surface area (Å²) >= 11 is 6.57. The number of rotatable bonds is 7. The molecule has 9 nitrogen and oxygen atoms in total. The molecule has 0 aliphatic carbocycles. The van der Waals surface area contributed by atoms with Gasteiger partial charge in [-0.1, -0.05) is 23.7 Å². The molecule has 0 spiro atoms. The van der Waals surface area contributed by atoms with Gasteiger partial charge in [0, 0.05) is 23.3 Å². The Morgan fingerprint density at radius 2 is 1.82 bits per heavy atom. The largest absolute Gasteiger partial charge is 0.479 e. The Balaban J connectivity index is 1.63. The van der Waals surface area contributed by atoms with E-state index < -0.39 is 23.6 Å². The maximum Gasteiger partial charge on any atom is 0.258 e. The van der Waals surface area contributed by atoms with Crippen molar-refractivity contribution in [3.63, 3.8) is 0 Å². The highest BCUT2D eigenvalue weighted by atomic mass is 35.5. The van der Waals surface area contributed by atoms with Crippen molar-refractivity contribution >= 4 is 39.6 Å². The van der Waals surface area contributed by atoms with E-state index in [4.69, 9.17) is 16.3 Å². The molecule has 3 heterocycles. The van der Waals surface area contributed by atoms with Crippen LogP contribution in [-0.4, -0.2) is 32.5 Å². The second kappa shape index (κ2) is 10.2. The first kappa shape index (κ1) is 24.8. The third kappa shape index (κ3) is 4.74. The van der Waals surface area contributed by atoms with Crippen LogP contribution < -0.4 is 15.4 Å². The number of halogens is 4. The summed E-state index contributed by atoms with van der Waals surface area (Å²) in [7, 11) is 1.44. The first-order valence-electron chi connectivity index (χ1n) is 10.9. The Morgan fingerprint density at radius 3 is 2.53 bits per heavy atom. The molecule has 0 radical (unpaired) electrons. The van der Waals surface area contributed by atoms with Gasteiger partial charge < -0.3 is 15.4 Å². The van der Waals surface area contributed by atoms with Gasteiger partial charge >= 0.3 is 0 Å². The molecular weight excluding hydrogens is 521 g/mol. The van der Waals surface area contributed by atoms with Crippen LogP contribution in [0.3, 0.4) is 0 Å². The van der Waals surface area contributed by atoms with Crippen LogP contribution in [0, 0.1) is 28.9 Å². The molecule has 38 heavy (non-hydrogen) atoms. The number of nitriles is 1. The zero-order valence-electron chi connectivity index (χ0n) is 19.4. The third-order valence-corrected chi connectivity index (χ3v) is 5.92. The van der Waals surface area contributed by atoms with Gasteiger partial charge in [0.05, 0.1) is 40.8 Å². The Hall–Kier alpha value is -4.89. The van der Waals surface area contributed by atoms with Crippen molar-refractivity contribution in [3.05, 3.63) is 94.3 Å². The SMILES string of the molecule is COc1n[nH]nc1C(Nc1cc(Cl)c2ncc(C#N)c(Nc3cnc(F)c(F)c3)c2c1)c1ccc(F)cc1. The van der Waals surface area contributed by atoms with Crippen molar-refractivity contribution in [2.75, 3.05) is 17.7 Å². The number of hydrogen-bond donors (Lipinski definition) is 3. The fourth-order valence-corrected chi connectivity index (χ4v) is 4.16. The molecule has 0 saturated carbocycles. The third-order valence-electron chi connectivity index (χ3n) is 5.63. The molecule has 0 aliphatic rings. The minimum absolute atomic E-state index is 0.110. The molecule has 5 rings (SSSR count). The van der Waals surface area contributed by atoms with E-state index in [9.17, 15) is 18.4 Å². The Bertz CT molecular complexity index is 1690. The van der Waals surface area contributed by atoms with Crippen molar-refractivity contribution in [3.8, 4) is 11.9 Å². The van der Waals surface area contributed by atoms with Gasteiger partial charge in [0.25, 0.3) is 5.88 Å². The van der Waals surface area contributed by atoms with E-state index in [-0.39, 0.29) is 27.8 Å². The number of benzene rings is 2. The lowest BCUT2D eigenvalue weighted by molar-refractivity contribution is 0.391. The van der Waals surface area contributed by atoms with Crippen molar-refractivity contribution in [1.82, 2.24) is 25.4 Å². The van der Waals surface area contributed by atoms with Gasteiger partial charge in [0.2, 0.25) is 5.95 Å². The van der Waals surface area contributed by atoms with Gasteiger partial charge in [0.1, 0.15) is 17.9 Å². The molecule has 2 aromatic carbocycles. The predicted octanol–water partition coefficient (Wildman–Crippen LogP) is 5.64. The zero-order valence-corrected chi connectivity index (χ0v) is 20.2. The van der Waals surface area contributed by atoms with Gasteiger partial charge in [-0.25, -0.2) is 13.8 Å². The van der Waals surface area contributed by atoms with Gasteiger partial charge in [-0.2, -0.15) is 20.0 Å². The van der Waals surface area contributed by atoms with Gasteiger partial charge in [-0.3, -0.25) is 4.98 Å². The number of nitrogens with zero attached hydrogens (tertiary/aromatic N) is 5. The van der Waals surface area contributed by atoms with Crippen molar-refractivity contribution in [1.29, 1.82) is 5.26 Å². The Kier molecular flexibility index (Phi) is 6.68. The highest BCUT2D eigenvalue weighted by Gasteiger charge is 2.24. The standard InChI is InChI=1S/C25H16ClF3N8O/c1-38-25-23(35-37-36-25)21(12-2-4-14(27)5-3-12)33-15-6-17-20(34-16-8-19(28)24(29)32-11-16)13(9-30)10-31-22(17)18(26)7-15/h2-8,10-11,21,33H,1H3,(H,31,34)(H,35,36,37). The molecule has 3 N–H and O–H groups in total. The lowest BCUT2D eigenvalue weighted by atomic mass is 10.0. The van der Waals surface area contributed by atoms with Crippen LogP contribution >= 0.6 is 11.6 Å². The molecule has 0 fully saturated rings. The number of methoxy groups -OCH3 is 1. The number of nitrogens with one attached hydrogen (secondary N) is 3. The number of H-pyrrole nitrogens is 1. The Morgan fingerprint density at radius 1 is 1.03 bits per heavy atom. The van der Waals surface area contributed by atoms with E-state index in [1.54, 1.807) is 24.3 Å². The molecule has 0 bridgehead atoms. The monoisotopic (exact) mass is 536 g/mol. The van der Waals surface area contributed by atoms with Crippen LogP contribution in [0.2, 0.25) is 5.02 Å². The quantitative estimate of drug-likeness (QED) is 0.228. The predicted molar refractivity (Wildman–Crippen MR) is 134 cm³/mol. The highest BCUT2D eigenvalue weighted by molar-refractivity contribution is 6.36. The summed E-state index contributed by atoms with van der Waals surface area (Å²) in [6.45, 7) is 0. The minimum Gasteiger partial charge on any atom is -0.479 e. The van der Waals surface area contributed by atoms with Crippen molar-refractivity contribution < 1.29 is 17.9 Å². The molecule has 0 saturated heterocycles. The molecule has 3 aromatic heterocycles. The fraction of sp³-hybridized carbons (Fsp3) is 0.0800. The Labute approximate surface area is 218 Å². The first-order valence-corrected chi connectivity index (χ1v) is 11.3. The lowest BCUT2D eigenvalue weighted by Crippen LogP contribution is -2.14. The van der Waals surface area contributed by atoms with Gasteiger partial charge in [-0.05, 0) is 29.8 Å². The summed E-state index contributed by atoms with van der Waals surface area (Å²) in [6.07, 6.45) is 2.41. The number of aromatic nitrogens is 5. The molecular formula is C25H16ClF3N8O. The number of aromatic amines is 1. The fourth-order valence-electron chi connectivity index (χ4n) is 3.90. The lowest BCUT2D eigenvalue weighted by Gasteiger charge is -2.20. The van der Waals surface area contributed by atoms with Crippen LogP contribution in [0.15, 0.2) is 54.9 Å². The summed E-state index contributed by atoms with van der Waals surface area (Å²) in [5, 5.41) is 27.3. The molecule has 1 unspecified atom stereocenters. The van der Waals surface area contributed by atoms with Crippen LogP contribution in [0.4, 0.5) is 30.2 Å². The van der Waals surface area contributed by atoms with Crippen molar-refractivity contribution in [2.45, 2.75) is 6.04 Å². The minimum atomic E-state index is -1.25. The summed E-state index contributed by atoms with van der Waals surface area (Å²) in [5.41, 5.74) is 2.36. The van der Waals surface area contributed by atoms with E-state index in [2.05, 4.69) is 36.0 Å². The second-order valence-corrected chi connectivity index (χ2v) is 8.39. The molecule has 0 aliphatic heterocycles. The van der Waals surface area contributed by atoms with E-state index in [1.807, 2.05) is 6.07 Å². The summed E-state index contributed by atoms with van der Waals surface area (Å²) in [6, 6.07) is 11.4. The average Bonchev–Trinajstić information content (AvgIpc) is 3.39. The van der Waals surface area contributed by atoms with Crippen LogP contribution in [-0.2, 0) is 0 Å². The number of fused-ring (bicyclic) bond motifs is 1. The topological polar surface area (TPSA) is 124 Å². The maximum atomic E-state index is 13.8. The van der Waals surface area contributed by atoms with E-state index in [0.29, 0.717) is 27.8 Å². The second-order valence-electron chi connectivity index (χ2n) is 7.98. The van der Waals surface area contributed by atoms with Gasteiger partial charge in [0.15, 0.2) is 11.5 Å². The molecule has 13 heteroatoms. The van der Waals surface area contributed by atoms with Crippen molar-refractivity contribution in [2.24, 2.45) is 0 Å². The summed E-state index contributed by atoms with van der Waals surface area (Å²) in [4.78, 5) is 7.66. The van der Waals surface area contributed by atoms with Crippen LogP contribution in [0.25, 0.3) is 10.9 Å². The first-order chi connectivity index (χ1) is 18.4. The van der Waals surface area contributed by atoms with E-state index in [0.717, 1.165) is 12.3 Å². The van der Waals surface area contributed by atoms with Crippen LogP contribution in [0.5, 0.6) is 5.88 Å². The zero-order chi connectivity index (χ0) is 26.8.